The molecule has 0 atom stereocenters. The molecule has 7 nitrogen and oxygen atoms in total. The van der Waals surface area contributed by atoms with Crippen molar-refractivity contribution in [3.63, 3.8) is 0 Å². The fraction of sp³-hybridized carbons (Fsp3) is 0.296. The Morgan fingerprint density at radius 2 is 1.91 bits per heavy atom. The molecule has 1 fully saturated rings. The van der Waals surface area contributed by atoms with Crippen LogP contribution in [0.2, 0.25) is 0 Å². The Labute approximate surface area is 200 Å². The summed E-state index contributed by atoms with van der Waals surface area (Å²) in [5.74, 6) is 1.28. The van der Waals surface area contributed by atoms with Gasteiger partial charge < -0.3 is 25.7 Å². The van der Waals surface area contributed by atoms with E-state index in [2.05, 4.69) is 40.6 Å². The van der Waals surface area contributed by atoms with Crippen LogP contribution >= 0.6 is 0 Å². The number of nitrogens with one attached hydrogen (secondary N) is 3. The predicted molar refractivity (Wildman–Crippen MR) is 136 cm³/mol. The summed E-state index contributed by atoms with van der Waals surface area (Å²) in [4.78, 5) is 19.3. The number of likely N-dealkylation sites (tertiary alicyclic amines) is 1. The molecular weight excluding hydrogens is 426 g/mol. The van der Waals surface area contributed by atoms with E-state index in [1.807, 2.05) is 42.5 Å². The van der Waals surface area contributed by atoms with Crippen LogP contribution in [0.25, 0.3) is 11.1 Å². The first-order chi connectivity index (χ1) is 16.4. The second-order valence-electron chi connectivity index (χ2n) is 8.69. The summed E-state index contributed by atoms with van der Waals surface area (Å²) in [6.45, 7) is 5.57. The Balaban J connectivity index is 1.54. The molecule has 0 unspecified atom stereocenters. The predicted octanol–water partition coefficient (Wildman–Crippen LogP) is 4.58. The van der Waals surface area contributed by atoms with Crippen LogP contribution in [0.4, 0.5) is 5.69 Å². The van der Waals surface area contributed by atoms with E-state index >= 15 is 0 Å². The lowest BCUT2D eigenvalue weighted by molar-refractivity contribution is 0.0857. The largest absolute Gasteiger partial charge is 0.456 e. The molecule has 0 spiro atoms. The zero-order chi connectivity index (χ0) is 24.2. The van der Waals surface area contributed by atoms with Gasteiger partial charge in [0.25, 0.3) is 5.91 Å². The number of amides is 1. The number of pyridine rings is 1. The summed E-state index contributed by atoms with van der Waals surface area (Å²) in [6.07, 6.45) is 2.40. The molecule has 1 aliphatic rings. The van der Waals surface area contributed by atoms with Gasteiger partial charge in [0, 0.05) is 31.8 Å². The maximum absolute atomic E-state index is 12.8. The highest BCUT2D eigenvalue weighted by Crippen LogP contribution is 2.30. The highest BCUT2D eigenvalue weighted by Gasteiger charge is 2.25. The molecule has 0 aliphatic carbocycles. The molecule has 2 heterocycles. The molecule has 1 saturated heterocycles. The molecule has 7 heteroatoms. The van der Waals surface area contributed by atoms with Gasteiger partial charge in [0.15, 0.2) is 0 Å². The van der Waals surface area contributed by atoms with Crippen molar-refractivity contribution in [2.24, 2.45) is 0 Å². The van der Waals surface area contributed by atoms with Crippen LogP contribution in [0.15, 0.2) is 54.7 Å². The number of hydrogen-bond donors (Lipinski definition) is 3. The number of nitrogens with zero attached hydrogens (tertiary/aromatic N) is 2. The maximum Gasteiger partial charge on any atom is 0.251 e. The van der Waals surface area contributed by atoms with Gasteiger partial charge >= 0.3 is 0 Å². The number of aromatic nitrogens is 1. The van der Waals surface area contributed by atoms with Crippen molar-refractivity contribution in [1.82, 2.24) is 15.2 Å². The first-order valence-corrected chi connectivity index (χ1v) is 11.5. The van der Waals surface area contributed by atoms with Crippen LogP contribution in [0.1, 0.15) is 35.5 Å². The summed E-state index contributed by atoms with van der Waals surface area (Å²) in [5.41, 5.74) is 5.54. The highest BCUT2D eigenvalue weighted by atomic mass is 16.5. The molecule has 4 rings (SSSR count). The van der Waals surface area contributed by atoms with Gasteiger partial charge in [-0.05, 0) is 55.3 Å². The van der Waals surface area contributed by atoms with Crippen LogP contribution in [0.5, 0.6) is 11.5 Å². The van der Waals surface area contributed by atoms with E-state index < -0.39 is 0 Å². The van der Waals surface area contributed by atoms with Crippen molar-refractivity contribution in [1.29, 1.82) is 5.41 Å². The number of carbonyl (C=O) groups excluding carboxylic acids is 1. The lowest BCUT2D eigenvalue weighted by atomic mass is 9.96. The molecule has 3 N–H and O–H groups in total. The van der Waals surface area contributed by atoms with Gasteiger partial charge in [0.2, 0.25) is 0 Å². The monoisotopic (exact) mass is 457 g/mol. The number of likely N-dealkylation sites (N-methyl/N-ethyl adjacent to an activating group) is 1. The minimum atomic E-state index is -0.00460. The minimum Gasteiger partial charge on any atom is -0.456 e. The van der Waals surface area contributed by atoms with Crippen LogP contribution < -0.4 is 15.4 Å². The zero-order valence-electron chi connectivity index (χ0n) is 20.1. The van der Waals surface area contributed by atoms with Gasteiger partial charge in [0.05, 0.1) is 23.6 Å². The summed E-state index contributed by atoms with van der Waals surface area (Å²) >= 11 is 0. The Bertz CT molecular complexity index is 1220. The zero-order valence-corrected chi connectivity index (χ0v) is 20.1. The van der Waals surface area contributed by atoms with Crippen molar-refractivity contribution < 1.29 is 9.53 Å². The average molecular weight is 458 g/mol. The number of carbonyl (C=O) groups is 1. The Morgan fingerprint density at radius 3 is 2.59 bits per heavy atom. The molecule has 1 aromatic heterocycles. The normalized spacial score (nSPS) is 13.8. The SMILES string of the molecule is CCc1cc(-c2cccc(Oc3cnc(C(C)=N)c(NC)c3)c2)ccc1C(=O)NC1CN(C)C1. The van der Waals surface area contributed by atoms with Crippen LogP contribution in [0, 0.1) is 5.41 Å². The van der Waals surface area contributed by atoms with Crippen LogP contribution in [-0.2, 0) is 6.42 Å². The standard InChI is InChI=1S/C27H31N5O2/c1-5-18-11-20(9-10-24(18)27(33)31-21-15-32(4)16-21)19-7-6-8-22(12-19)34-23-13-25(29-3)26(17(2)28)30-14-23/h6-14,21,28-29H,5,15-16H2,1-4H3,(H,31,33). The molecule has 3 aromatic rings. The molecular formula is C27H31N5O2. The third-order valence-electron chi connectivity index (χ3n) is 6.02. The molecule has 0 radical (unpaired) electrons. The lowest BCUT2D eigenvalue weighted by Gasteiger charge is -2.36. The molecule has 2 aromatic carbocycles. The van der Waals surface area contributed by atoms with E-state index in [0.717, 1.165) is 47.5 Å². The van der Waals surface area contributed by atoms with Crippen LogP contribution in [-0.4, -0.2) is 54.7 Å². The van der Waals surface area contributed by atoms with Gasteiger partial charge in [-0.15, -0.1) is 0 Å². The maximum atomic E-state index is 12.8. The van der Waals surface area contributed by atoms with E-state index in [9.17, 15) is 4.79 Å². The minimum absolute atomic E-state index is 0.00460. The Morgan fingerprint density at radius 1 is 1.15 bits per heavy atom. The average Bonchev–Trinajstić information content (AvgIpc) is 2.82. The molecule has 1 aliphatic heterocycles. The van der Waals surface area contributed by atoms with E-state index in [1.165, 1.54) is 0 Å². The highest BCUT2D eigenvalue weighted by molar-refractivity contribution is 5.99. The number of rotatable bonds is 8. The van der Waals surface area contributed by atoms with Crippen molar-refractivity contribution in [2.75, 3.05) is 32.5 Å². The smallest absolute Gasteiger partial charge is 0.251 e. The number of hydrogen-bond acceptors (Lipinski definition) is 6. The van der Waals surface area contributed by atoms with Crippen molar-refractivity contribution in [2.45, 2.75) is 26.3 Å². The fourth-order valence-corrected chi connectivity index (χ4v) is 4.21. The van der Waals surface area contributed by atoms with Gasteiger partial charge in [-0.1, -0.05) is 31.2 Å². The molecule has 1 amide bonds. The third-order valence-corrected chi connectivity index (χ3v) is 6.02. The second-order valence-corrected chi connectivity index (χ2v) is 8.69. The van der Waals surface area contributed by atoms with E-state index in [0.29, 0.717) is 22.9 Å². The van der Waals surface area contributed by atoms with Crippen LogP contribution in [0.3, 0.4) is 0 Å². The number of aryl methyl sites for hydroxylation is 1. The topological polar surface area (TPSA) is 90.3 Å². The molecule has 0 bridgehead atoms. The van der Waals surface area contributed by atoms with E-state index in [-0.39, 0.29) is 11.9 Å². The van der Waals surface area contributed by atoms with Gasteiger partial charge in [-0.3, -0.25) is 4.79 Å². The molecule has 176 valence electrons. The van der Waals surface area contributed by atoms with E-state index in [1.54, 1.807) is 20.2 Å². The van der Waals surface area contributed by atoms with Gasteiger partial charge in [-0.25, -0.2) is 4.98 Å². The number of anilines is 1. The van der Waals surface area contributed by atoms with Crippen molar-refractivity contribution in [3.8, 4) is 22.6 Å². The van der Waals surface area contributed by atoms with Crippen molar-refractivity contribution in [3.05, 3.63) is 71.5 Å². The first kappa shape index (κ1) is 23.4. The lowest BCUT2D eigenvalue weighted by Crippen LogP contribution is -2.57. The second kappa shape index (κ2) is 10.1. The first-order valence-electron chi connectivity index (χ1n) is 11.5. The van der Waals surface area contributed by atoms with Gasteiger partial charge in [0.1, 0.15) is 17.2 Å². The summed E-state index contributed by atoms with van der Waals surface area (Å²) < 4.78 is 6.07. The number of benzene rings is 2. The quantitative estimate of drug-likeness (QED) is 0.431. The summed E-state index contributed by atoms with van der Waals surface area (Å²) in [7, 11) is 3.85. The number of ether oxygens (including phenoxy) is 1. The third kappa shape index (κ3) is 5.10. The molecule has 0 saturated carbocycles. The van der Waals surface area contributed by atoms with Gasteiger partial charge in [-0.2, -0.15) is 0 Å². The Kier molecular flexibility index (Phi) is 6.93. The molecule has 34 heavy (non-hydrogen) atoms. The van der Waals surface area contributed by atoms with E-state index in [4.69, 9.17) is 10.1 Å². The summed E-state index contributed by atoms with van der Waals surface area (Å²) in [6, 6.07) is 15.9. The van der Waals surface area contributed by atoms with Crippen molar-refractivity contribution >= 4 is 17.3 Å². The summed E-state index contributed by atoms with van der Waals surface area (Å²) in [5, 5.41) is 14.1. The Hall–Kier alpha value is -3.71. The fourth-order valence-electron chi connectivity index (χ4n) is 4.21.